The molecule has 0 saturated heterocycles. The number of benzene rings is 1. The van der Waals surface area contributed by atoms with Crippen LogP contribution in [0.15, 0.2) is 35.3 Å². The van der Waals surface area contributed by atoms with E-state index in [0.717, 1.165) is 18.4 Å². The first-order valence-electron chi connectivity index (χ1n) is 11.1. The number of nitrogens with zero attached hydrogens (tertiary/aromatic N) is 1. The maximum atomic E-state index is 12.4. The van der Waals surface area contributed by atoms with Gasteiger partial charge in [0.2, 0.25) is 5.90 Å². The van der Waals surface area contributed by atoms with E-state index in [0.29, 0.717) is 12.3 Å². The van der Waals surface area contributed by atoms with Crippen LogP contribution in [0.2, 0.25) is 0 Å². The average Bonchev–Trinajstić information content (AvgIpc) is 2.69. The molecule has 0 aromatic heterocycles. The topological polar surface area (TPSA) is 38.7 Å². The van der Waals surface area contributed by atoms with Crippen molar-refractivity contribution < 1.29 is 9.53 Å². The molecule has 1 aromatic rings. The normalized spacial score (nSPS) is 23.0. The number of hydrogen-bond donors (Lipinski definition) is 0. The molecule has 1 aliphatic heterocycles. The predicted octanol–water partition coefficient (Wildman–Crippen LogP) is 6.59. The number of carbonyl (C=O) groups is 1. The number of aliphatic imine (C=N–C) groups is 1. The number of hydrogen-bond acceptors (Lipinski definition) is 3. The van der Waals surface area contributed by atoms with Gasteiger partial charge in [-0.1, -0.05) is 95.2 Å². The van der Waals surface area contributed by atoms with Gasteiger partial charge >= 0.3 is 5.97 Å². The third-order valence-electron chi connectivity index (χ3n) is 6.08. The lowest BCUT2D eigenvalue weighted by molar-refractivity contribution is -0.138. The molecular formula is C24H35NO2. The summed E-state index contributed by atoms with van der Waals surface area (Å²) in [5.74, 6) is 0.423. The first-order chi connectivity index (χ1) is 13.3. The molecule has 0 radical (unpaired) electrons. The lowest BCUT2D eigenvalue weighted by Gasteiger charge is -2.33. The Morgan fingerprint density at radius 2 is 1.19 bits per heavy atom. The SMILES string of the molecule is O=C1CC2(CCCCCCCCCCCCCC2)N=C(c2ccccc2)O1. The van der Waals surface area contributed by atoms with Crippen LogP contribution in [0, 0.1) is 0 Å². The van der Waals surface area contributed by atoms with E-state index in [2.05, 4.69) is 0 Å². The second-order valence-corrected chi connectivity index (χ2v) is 8.40. The Morgan fingerprint density at radius 1 is 0.704 bits per heavy atom. The summed E-state index contributed by atoms with van der Waals surface area (Å²) < 4.78 is 5.54. The molecule has 0 bridgehead atoms. The van der Waals surface area contributed by atoms with Crippen LogP contribution in [-0.2, 0) is 9.53 Å². The van der Waals surface area contributed by atoms with Gasteiger partial charge in [-0.25, -0.2) is 4.99 Å². The first kappa shape index (κ1) is 20.1. The summed E-state index contributed by atoms with van der Waals surface area (Å²) >= 11 is 0. The van der Waals surface area contributed by atoms with Gasteiger partial charge in [0.1, 0.15) is 0 Å². The molecule has 27 heavy (non-hydrogen) atoms. The van der Waals surface area contributed by atoms with Crippen molar-refractivity contribution in [1.29, 1.82) is 0 Å². The lowest BCUT2D eigenvalue weighted by atomic mass is 9.83. The zero-order valence-corrected chi connectivity index (χ0v) is 16.8. The van der Waals surface area contributed by atoms with Crippen LogP contribution in [0.3, 0.4) is 0 Å². The Labute approximate surface area is 164 Å². The molecule has 3 rings (SSSR count). The van der Waals surface area contributed by atoms with E-state index in [1.807, 2.05) is 30.3 Å². The molecule has 2 aliphatic rings. The molecule has 3 nitrogen and oxygen atoms in total. The summed E-state index contributed by atoms with van der Waals surface area (Å²) in [6.07, 6.45) is 18.2. The van der Waals surface area contributed by atoms with Gasteiger partial charge in [0.15, 0.2) is 0 Å². The van der Waals surface area contributed by atoms with Crippen LogP contribution in [0.1, 0.15) is 102 Å². The lowest BCUT2D eigenvalue weighted by Crippen LogP contribution is -2.38. The Balaban J connectivity index is 1.73. The van der Waals surface area contributed by atoms with Crippen molar-refractivity contribution in [3.8, 4) is 0 Å². The minimum atomic E-state index is -0.249. The molecule has 148 valence electrons. The summed E-state index contributed by atoms with van der Waals surface area (Å²) in [5.41, 5.74) is 0.668. The number of rotatable bonds is 1. The summed E-state index contributed by atoms with van der Waals surface area (Å²) in [6.45, 7) is 0. The molecule has 1 fully saturated rings. The van der Waals surface area contributed by atoms with Crippen molar-refractivity contribution in [2.45, 2.75) is 102 Å². The Hall–Kier alpha value is -1.64. The third-order valence-corrected chi connectivity index (χ3v) is 6.08. The molecule has 1 spiro atoms. The highest BCUT2D eigenvalue weighted by Crippen LogP contribution is 2.35. The standard InChI is InChI=1S/C24H35NO2/c26-22-20-24(25-23(27-22)21-16-12-11-13-17-21)18-14-9-7-5-3-1-2-4-6-8-10-15-19-24/h11-13,16-17H,1-10,14-15,18-20H2. The largest absolute Gasteiger partial charge is 0.407 e. The van der Waals surface area contributed by atoms with E-state index in [9.17, 15) is 4.79 Å². The molecule has 0 amide bonds. The summed E-state index contributed by atoms with van der Waals surface area (Å²) in [5, 5.41) is 0. The minimum Gasteiger partial charge on any atom is -0.407 e. The van der Waals surface area contributed by atoms with Crippen molar-refractivity contribution in [2.75, 3.05) is 0 Å². The third kappa shape index (κ3) is 6.48. The molecule has 1 aliphatic carbocycles. The molecular weight excluding hydrogens is 334 g/mol. The van der Waals surface area contributed by atoms with Crippen molar-refractivity contribution in [3.63, 3.8) is 0 Å². The average molecular weight is 370 g/mol. The van der Waals surface area contributed by atoms with Crippen molar-refractivity contribution >= 4 is 11.9 Å². The summed E-state index contributed by atoms with van der Waals surface area (Å²) in [6, 6.07) is 9.90. The molecule has 1 saturated carbocycles. The predicted molar refractivity (Wildman–Crippen MR) is 111 cm³/mol. The molecule has 1 heterocycles. The van der Waals surface area contributed by atoms with E-state index in [1.165, 1.54) is 77.0 Å². The fourth-order valence-corrected chi connectivity index (χ4v) is 4.48. The zero-order chi connectivity index (χ0) is 18.8. The van der Waals surface area contributed by atoms with E-state index in [1.54, 1.807) is 0 Å². The zero-order valence-electron chi connectivity index (χ0n) is 16.8. The van der Waals surface area contributed by atoms with E-state index < -0.39 is 0 Å². The minimum absolute atomic E-state index is 0.109. The quantitative estimate of drug-likeness (QED) is 0.523. The number of carbonyl (C=O) groups excluding carboxylic acids is 1. The highest BCUT2D eigenvalue weighted by atomic mass is 16.5. The van der Waals surface area contributed by atoms with Crippen LogP contribution < -0.4 is 0 Å². The molecule has 0 unspecified atom stereocenters. The van der Waals surface area contributed by atoms with Crippen LogP contribution in [0.5, 0.6) is 0 Å². The van der Waals surface area contributed by atoms with Gasteiger partial charge in [-0.05, 0) is 25.0 Å². The Morgan fingerprint density at radius 3 is 1.70 bits per heavy atom. The number of esters is 1. The first-order valence-corrected chi connectivity index (χ1v) is 11.1. The smallest absolute Gasteiger partial charge is 0.314 e. The van der Waals surface area contributed by atoms with Crippen molar-refractivity contribution in [1.82, 2.24) is 0 Å². The fraction of sp³-hybridized carbons (Fsp3) is 0.667. The molecule has 3 heteroatoms. The maximum absolute atomic E-state index is 12.4. The summed E-state index contributed by atoms with van der Waals surface area (Å²) in [7, 11) is 0. The second kappa shape index (κ2) is 10.6. The molecule has 0 N–H and O–H groups in total. The van der Waals surface area contributed by atoms with Gasteiger partial charge in [0, 0.05) is 5.56 Å². The fourth-order valence-electron chi connectivity index (χ4n) is 4.48. The van der Waals surface area contributed by atoms with Gasteiger partial charge in [-0.3, -0.25) is 4.79 Å². The number of ether oxygens (including phenoxy) is 1. The van der Waals surface area contributed by atoms with Crippen molar-refractivity contribution in [3.05, 3.63) is 35.9 Å². The van der Waals surface area contributed by atoms with Gasteiger partial charge < -0.3 is 4.74 Å². The van der Waals surface area contributed by atoms with Crippen LogP contribution in [0.4, 0.5) is 0 Å². The monoisotopic (exact) mass is 369 g/mol. The van der Waals surface area contributed by atoms with Gasteiger partial charge in [-0.15, -0.1) is 0 Å². The van der Waals surface area contributed by atoms with Gasteiger partial charge in [-0.2, -0.15) is 0 Å². The molecule has 1 aromatic carbocycles. The maximum Gasteiger partial charge on any atom is 0.314 e. The van der Waals surface area contributed by atoms with Crippen LogP contribution in [-0.4, -0.2) is 17.4 Å². The van der Waals surface area contributed by atoms with Crippen molar-refractivity contribution in [2.24, 2.45) is 4.99 Å². The van der Waals surface area contributed by atoms with Crippen LogP contribution in [0.25, 0.3) is 0 Å². The molecule has 0 atom stereocenters. The highest BCUT2D eigenvalue weighted by molar-refractivity contribution is 6.02. The van der Waals surface area contributed by atoms with Gasteiger partial charge in [0.05, 0.1) is 12.0 Å². The second-order valence-electron chi connectivity index (χ2n) is 8.40. The highest BCUT2D eigenvalue weighted by Gasteiger charge is 2.37. The van der Waals surface area contributed by atoms with Crippen LogP contribution >= 0.6 is 0 Å². The van der Waals surface area contributed by atoms with Gasteiger partial charge in [0.25, 0.3) is 0 Å². The number of cyclic esters (lactones) is 1. The van der Waals surface area contributed by atoms with E-state index in [-0.39, 0.29) is 11.5 Å². The van der Waals surface area contributed by atoms with E-state index >= 15 is 0 Å². The Bertz CT molecular complexity index is 592. The summed E-state index contributed by atoms with van der Waals surface area (Å²) in [4.78, 5) is 17.5. The Kier molecular flexibility index (Phi) is 7.92. The van der Waals surface area contributed by atoms with E-state index in [4.69, 9.17) is 9.73 Å².